The van der Waals surface area contributed by atoms with Crippen LogP contribution in [0.25, 0.3) is 0 Å². The number of rotatable bonds is 3. The van der Waals surface area contributed by atoms with Gasteiger partial charge in [0.25, 0.3) is 0 Å². The van der Waals surface area contributed by atoms with Crippen LogP contribution in [0, 0.1) is 17.8 Å². The van der Waals surface area contributed by atoms with E-state index < -0.39 is 8.32 Å². The van der Waals surface area contributed by atoms with Gasteiger partial charge >= 0.3 is 0 Å². The van der Waals surface area contributed by atoms with Gasteiger partial charge in [-0.2, -0.15) is 0 Å². The SMILES string of the molecule is CC(C)(C)[Si](C)(C)OC[C@H]1O[C@@H]2OCC3=CC[C@H]4CO[C@H]1[C@@H]4[C@@H]32. The third-order valence-electron chi connectivity index (χ3n) is 6.75. The minimum absolute atomic E-state index is 0.0119. The molecule has 0 bridgehead atoms. The van der Waals surface area contributed by atoms with Crippen molar-refractivity contribution >= 4 is 8.32 Å². The Morgan fingerprint density at radius 1 is 1.26 bits per heavy atom. The lowest BCUT2D eigenvalue weighted by atomic mass is 9.69. The van der Waals surface area contributed by atoms with E-state index >= 15 is 0 Å². The molecule has 6 atom stereocenters. The predicted molar refractivity (Wildman–Crippen MR) is 90.7 cm³/mol. The normalized spacial score (nSPS) is 42.6. The van der Waals surface area contributed by atoms with Gasteiger partial charge in [-0.3, -0.25) is 0 Å². The second-order valence-electron chi connectivity index (χ2n) is 9.10. The molecule has 0 unspecified atom stereocenters. The Morgan fingerprint density at radius 3 is 2.78 bits per heavy atom. The molecule has 0 saturated carbocycles. The lowest BCUT2D eigenvalue weighted by Crippen LogP contribution is -2.53. The van der Waals surface area contributed by atoms with E-state index in [9.17, 15) is 0 Å². The molecule has 130 valence electrons. The molecule has 3 saturated heterocycles. The van der Waals surface area contributed by atoms with Gasteiger partial charge in [0.05, 0.1) is 25.9 Å². The van der Waals surface area contributed by atoms with E-state index in [0.717, 1.165) is 19.6 Å². The molecule has 0 N–H and O–H groups in total. The average molecular weight is 339 g/mol. The van der Waals surface area contributed by atoms with Crippen LogP contribution < -0.4 is 0 Å². The average Bonchev–Trinajstić information content (AvgIpc) is 3.05. The van der Waals surface area contributed by atoms with Crippen LogP contribution in [0.2, 0.25) is 18.1 Å². The highest BCUT2D eigenvalue weighted by molar-refractivity contribution is 6.74. The second-order valence-corrected chi connectivity index (χ2v) is 13.9. The zero-order valence-corrected chi connectivity index (χ0v) is 16.0. The van der Waals surface area contributed by atoms with Crippen molar-refractivity contribution in [3.63, 3.8) is 0 Å². The van der Waals surface area contributed by atoms with Gasteiger partial charge in [0.2, 0.25) is 0 Å². The Bertz CT molecular complexity index is 510. The van der Waals surface area contributed by atoms with Crippen molar-refractivity contribution in [3.05, 3.63) is 11.6 Å². The molecule has 0 aromatic heterocycles. The summed E-state index contributed by atoms with van der Waals surface area (Å²) in [4.78, 5) is 0. The fourth-order valence-corrected chi connectivity index (χ4v) is 5.31. The van der Waals surface area contributed by atoms with Crippen LogP contribution in [0.15, 0.2) is 11.6 Å². The van der Waals surface area contributed by atoms with E-state index in [1.54, 1.807) is 0 Å². The highest BCUT2D eigenvalue weighted by Crippen LogP contribution is 2.52. The van der Waals surface area contributed by atoms with Crippen LogP contribution >= 0.6 is 0 Å². The van der Waals surface area contributed by atoms with E-state index in [4.69, 9.17) is 18.6 Å². The highest BCUT2D eigenvalue weighted by Gasteiger charge is 2.57. The molecule has 4 rings (SSSR count). The van der Waals surface area contributed by atoms with Gasteiger partial charge in [-0.15, -0.1) is 0 Å². The van der Waals surface area contributed by atoms with E-state index in [-0.39, 0.29) is 23.5 Å². The van der Waals surface area contributed by atoms with Crippen molar-refractivity contribution in [3.8, 4) is 0 Å². The Morgan fingerprint density at radius 2 is 2.04 bits per heavy atom. The Kier molecular flexibility index (Phi) is 3.82. The summed E-state index contributed by atoms with van der Waals surface area (Å²) in [6.45, 7) is 13.7. The molecule has 4 aliphatic rings. The molecule has 3 aliphatic heterocycles. The Labute approximate surface area is 140 Å². The molecule has 4 nitrogen and oxygen atoms in total. The quantitative estimate of drug-likeness (QED) is 0.584. The first-order chi connectivity index (χ1) is 10.8. The first-order valence-corrected chi connectivity index (χ1v) is 11.9. The van der Waals surface area contributed by atoms with Crippen LogP contribution in [-0.4, -0.2) is 46.6 Å². The Hall–Kier alpha value is -0.203. The molecule has 0 radical (unpaired) electrons. The summed E-state index contributed by atoms with van der Waals surface area (Å²) >= 11 is 0. The van der Waals surface area contributed by atoms with Crippen LogP contribution in [0.4, 0.5) is 0 Å². The molecule has 3 heterocycles. The largest absolute Gasteiger partial charge is 0.414 e. The van der Waals surface area contributed by atoms with Crippen molar-refractivity contribution in [2.45, 2.75) is 63.8 Å². The van der Waals surface area contributed by atoms with Crippen molar-refractivity contribution in [1.82, 2.24) is 0 Å². The van der Waals surface area contributed by atoms with Crippen molar-refractivity contribution in [2.24, 2.45) is 17.8 Å². The van der Waals surface area contributed by atoms with Crippen LogP contribution in [0.3, 0.4) is 0 Å². The van der Waals surface area contributed by atoms with Gasteiger partial charge < -0.3 is 18.6 Å². The van der Waals surface area contributed by atoms with Crippen molar-refractivity contribution < 1.29 is 18.6 Å². The minimum Gasteiger partial charge on any atom is -0.414 e. The molecule has 0 spiro atoms. The third-order valence-corrected chi connectivity index (χ3v) is 11.3. The Balaban J connectivity index is 1.50. The summed E-state index contributed by atoms with van der Waals surface area (Å²) in [5.74, 6) is 1.62. The number of hydrogen-bond acceptors (Lipinski definition) is 4. The molecule has 0 aromatic rings. The lowest BCUT2D eigenvalue weighted by molar-refractivity contribution is -0.237. The summed E-state index contributed by atoms with van der Waals surface area (Å²) in [5, 5.41) is 0.216. The molecule has 23 heavy (non-hydrogen) atoms. The van der Waals surface area contributed by atoms with E-state index in [1.807, 2.05) is 0 Å². The van der Waals surface area contributed by atoms with Crippen LogP contribution in [-0.2, 0) is 18.6 Å². The number of allylic oxidation sites excluding steroid dienone is 1. The van der Waals surface area contributed by atoms with Gasteiger partial charge in [-0.05, 0) is 36.0 Å². The molecule has 0 aromatic carbocycles. The highest BCUT2D eigenvalue weighted by atomic mass is 28.4. The van der Waals surface area contributed by atoms with Crippen LogP contribution in [0.1, 0.15) is 27.2 Å². The maximum absolute atomic E-state index is 6.43. The summed E-state index contributed by atoms with van der Waals surface area (Å²) in [5.41, 5.74) is 1.44. The monoisotopic (exact) mass is 338 g/mol. The van der Waals surface area contributed by atoms with Gasteiger partial charge in [-0.25, -0.2) is 0 Å². The van der Waals surface area contributed by atoms with Gasteiger partial charge in [0.15, 0.2) is 14.6 Å². The molecule has 3 fully saturated rings. The fourth-order valence-electron chi connectivity index (χ4n) is 4.30. The van der Waals surface area contributed by atoms with Crippen LogP contribution in [0.5, 0.6) is 0 Å². The smallest absolute Gasteiger partial charge is 0.192 e. The van der Waals surface area contributed by atoms with Gasteiger partial charge in [0, 0.05) is 11.8 Å². The zero-order valence-electron chi connectivity index (χ0n) is 15.0. The first-order valence-electron chi connectivity index (χ1n) is 8.99. The molecule has 0 amide bonds. The summed E-state index contributed by atoms with van der Waals surface area (Å²) < 4.78 is 24.8. The summed E-state index contributed by atoms with van der Waals surface area (Å²) in [7, 11) is -1.77. The topological polar surface area (TPSA) is 36.9 Å². The zero-order chi connectivity index (χ0) is 16.4. The fraction of sp³-hybridized carbons (Fsp3) is 0.889. The van der Waals surface area contributed by atoms with Gasteiger partial charge in [0.1, 0.15) is 6.10 Å². The maximum Gasteiger partial charge on any atom is 0.192 e. The van der Waals surface area contributed by atoms with E-state index in [0.29, 0.717) is 24.4 Å². The molecule has 5 heteroatoms. The number of hydrogen-bond donors (Lipinski definition) is 0. The number of ether oxygens (including phenoxy) is 3. The molecule has 1 aliphatic carbocycles. The summed E-state index contributed by atoms with van der Waals surface area (Å²) in [6, 6.07) is 0. The standard InChI is InChI=1S/C18H30O4Si/c1-18(2,3)23(4,5)21-10-13-16-14-11(8-19-16)6-7-12-9-20-17(22-13)15(12)14/h7,11,13-17H,6,8-10H2,1-5H3/t11-,13+,14-,15+,16+,17-/m0/s1. The minimum atomic E-state index is -1.77. The molecular weight excluding hydrogens is 308 g/mol. The third kappa shape index (κ3) is 2.56. The van der Waals surface area contributed by atoms with E-state index in [1.165, 1.54) is 5.57 Å². The maximum atomic E-state index is 6.43. The summed E-state index contributed by atoms with van der Waals surface area (Å²) in [6.07, 6.45) is 3.61. The van der Waals surface area contributed by atoms with E-state index in [2.05, 4.69) is 39.9 Å². The predicted octanol–water partition coefficient (Wildman–Crippen LogP) is 3.34. The first kappa shape index (κ1) is 16.3. The molecular formula is C18H30O4Si. The lowest BCUT2D eigenvalue weighted by Gasteiger charge is -2.44. The van der Waals surface area contributed by atoms with Gasteiger partial charge in [-0.1, -0.05) is 26.8 Å². The second kappa shape index (κ2) is 5.40. The van der Waals surface area contributed by atoms with Crippen molar-refractivity contribution in [1.29, 1.82) is 0 Å². The van der Waals surface area contributed by atoms with Crippen molar-refractivity contribution in [2.75, 3.05) is 19.8 Å².